The van der Waals surface area contributed by atoms with Gasteiger partial charge in [0, 0.05) is 5.56 Å². The van der Waals surface area contributed by atoms with Gasteiger partial charge < -0.3 is 4.74 Å². The summed E-state index contributed by atoms with van der Waals surface area (Å²) < 4.78 is 30.2. The minimum Gasteiger partial charge on any atom is -0.494 e. The number of nitrogens with zero attached hydrogens (tertiary/aromatic N) is 1. The van der Waals surface area contributed by atoms with Crippen LogP contribution in [0.25, 0.3) is 0 Å². The monoisotopic (exact) mass is 463 g/mol. The van der Waals surface area contributed by atoms with Crippen LogP contribution in [0.2, 0.25) is 5.02 Å². The number of para-hydroxylation sites is 1. The van der Waals surface area contributed by atoms with Crippen molar-refractivity contribution < 1.29 is 17.9 Å². The van der Waals surface area contributed by atoms with Gasteiger partial charge in [0.1, 0.15) is 5.88 Å². The Kier molecular flexibility index (Phi) is 4.28. The molecule has 0 aromatic heterocycles. The van der Waals surface area contributed by atoms with Crippen molar-refractivity contribution in [1.29, 1.82) is 0 Å². The van der Waals surface area contributed by atoms with Crippen molar-refractivity contribution in [2.24, 2.45) is 0 Å². The molecule has 120 valence electrons. The first kappa shape index (κ1) is 16.5. The van der Waals surface area contributed by atoms with Gasteiger partial charge in [-0.05, 0) is 46.9 Å². The lowest BCUT2D eigenvalue weighted by molar-refractivity contribution is 0.0991. The largest absolute Gasteiger partial charge is 0.494 e. The predicted octanol–water partition coefficient (Wildman–Crippen LogP) is 3.34. The molecule has 0 saturated heterocycles. The van der Waals surface area contributed by atoms with Crippen LogP contribution in [-0.4, -0.2) is 27.3 Å². The summed E-state index contributed by atoms with van der Waals surface area (Å²) in [6, 6.07) is 9.57. The van der Waals surface area contributed by atoms with Crippen LogP contribution in [-0.2, 0) is 9.84 Å². The number of anilines is 1. The van der Waals surface area contributed by atoms with Gasteiger partial charge >= 0.3 is 0 Å². The maximum atomic E-state index is 12.8. The van der Waals surface area contributed by atoms with Crippen LogP contribution in [0.1, 0.15) is 10.4 Å². The molecule has 1 aliphatic heterocycles. The zero-order valence-corrected chi connectivity index (χ0v) is 15.6. The molecular weight excluding hydrogens is 453 g/mol. The second-order valence-electron chi connectivity index (χ2n) is 4.92. The zero-order chi connectivity index (χ0) is 16.8. The van der Waals surface area contributed by atoms with Crippen LogP contribution in [0.5, 0.6) is 5.75 Å². The number of rotatable bonds is 2. The maximum absolute atomic E-state index is 12.8. The molecule has 8 heteroatoms. The smallest absolute Gasteiger partial charge is 0.259 e. The molecule has 0 unspecified atom stereocenters. The zero-order valence-electron chi connectivity index (χ0n) is 11.9. The Morgan fingerprint density at radius 3 is 2.65 bits per heavy atom. The number of methoxy groups -OCH3 is 1. The lowest BCUT2D eigenvalue weighted by Gasteiger charge is -2.17. The summed E-state index contributed by atoms with van der Waals surface area (Å²) in [5.74, 6) is -0.301. The summed E-state index contributed by atoms with van der Waals surface area (Å²) >= 11 is 8.14. The van der Waals surface area contributed by atoms with Crippen LogP contribution < -0.4 is 9.64 Å². The van der Waals surface area contributed by atoms with E-state index < -0.39 is 15.7 Å². The van der Waals surface area contributed by atoms with Gasteiger partial charge in [0.25, 0.3) is 5.91 Å². The molecule has 3 rings (SSSR count). The molecule has 5 nitrogen and oxygen atoms in total. The second-order valence-corrected chi connectivity index (χ2v) is 8.41. The average Bonchev–Trinajstić information content (AvgIpc) is 2.78. The fourth-order valence-electron chi connectivity index (χ4n) is 2.45. The molecule has 0 bridgehead atoms. The first-order valence-corrected chi connectivity index (χ1v) is 9.63. The molecule has 0 fully saturated rings. The van der Waals surface area contributed by atoms with Crippen molar-refractivity contribution in [2.45, 2.75) is 4.90 Å². The summed E-state index contributed by atoms with van der Waals surface area (Å²) in [6.07, 6.45) is 0. The number of carbonyl (C=O) groups is 1. The number of fused-ring (bicyclic) bond motifs is 1. The molecule has 1 heterocycles. The Hall–Kier alpha value is -1.32. The quantitative estimate of drug-likeness (QED) is 0.641. The van der Waals surface area contributed by atoms with Crippen molar-refractivity contribution >= 4 is 55.6 Å². The van der Waals surface area contributed by atoms with E-state index in [4.69, 9.17) is 16.3 Å². The maximum Gasteiger partial charge on any atom is 0.259 e. The molecule has 0 aliphatic carbocycles. The van der Waals surface area contributed by atoms with Crippen LogP contribution in [0.3, 0.4) is 0 Å². The summed E-state index contributed by atoms with van der Waals surface area (Å²) in [5, 5.41) is 0.304. The van der Waals surface area contributed by atoms with E-state index in [-0.39, 0.29) is 10.8 Å². The molecule has 0 N–H and O–H groups in total. The molecule has 1 amide bonds. The predicted molar refractivity (Wildman–Crippen MR) is 96.0 cm³/mol. The fraction of sp³-hybridized carbons (Fsp3) is 0.133. The lowest BCUT2D eigenvalue weighted by atomic mass is 10.2. The van der Waals surface area contributed by atoms with Crippen LogP contribution >= 0.6 is 34.2 Å². The van der Waals surface area contributed by atoms with Gasteiger partial charge in [-0.25, -0.2) is 8.42 Å². The molecule has 1 aliphatic rings. The van der Waals surface area contributed by atoms with E-state index >= 15 is 0 Å². The van der Waals surface area contributed by atoms with Crippen LogP contribution in [0.15, 0.2) is 41.3 Å². The van der Waals surface area contributed by atoms with E-state index in [9.17, 15) is 13.2 Å². The Morgan fingerprint density at radius 1 is 1.30 bits per heavy atom. The SMILES string of the molecule is COc1c(Cl)cc(C(=O)N2CS(=O)(=O)c3ccccc32)cc1I. The normalized spacial score (nSPS) is 15.3. The highest BCUT2D eigenvalue weighted by Gasteiger charge is 2.36. The van der Waals surface area contributed by atoms with Crippen molar-refractivity contribution in [3.63, 3.8) is 0 Å². The fourth-order valence-corrected chi connectivity index (χ4v) is 5.27. The Labute approximate surface area is 152 Å². The number of amides is 1. The number of ether oxygens (including phenoxy) is 1. The number of hydrogen-bond donors (Lipinski definition) is 0. The van der Waals surface area contributed by atoms with E-state index in [0.717, 1.165) is 0 Å². The van der Waals surface area contributed by atoms with Crippen molar-refractivity contribution in [3.05, 3.63) is 50.6 Å². The van der Waals surface area contributed by atoms with E-state index in [0.29, 0.717) is 25.6 Å². The Bertz CT molecular complexity index is 890. The minimum atomic E-state index is -3.50. The van der Waals surface area contributed by atoms with Crippen molar-refractivity contribution in [3.8, 4) is 5.75 Å². The highest BCUT2D eigenvalue weighted by Crippen LogP contribution is 2.36. The first-order valence-electron chi connectivity index (χ1n) is 6.52. The Balaban J connectivity index is 2.06. The topological polar surface area (TPSA) is 63.7 Å². The van der Waals surface area contributed by atoms with Gasteiger partial charge in [0.05, 0.1) is 26.3 Å². The second kappa shape index (κ2) is 5.95. The lowest BCUT2D eigenvalue weighted by Crippen LogP contribution is -2.30. The number of hydrogen-bond acceptors (Lipinski definition) is 4. The number of sulfone groups is 1. The van der Waals surface area contributed by atoms with E-state index in [1.807, 2.05) is 22.6 Å². The third-order valence-electron chi connectivity index (χ3n) is 3.48. The summed E-state index contributed by atoms with van der Waals surface area (Å²) in [4.78, 5) is 14.2. The Morgan fingerprint density at radius 2 is 2.00 bits per heavy atom. The summed E-state index contributed by atoms with van der Waals surface area (Å²) in [6.45, 7) is 0. The third-order valence-corrected chi connectivity index (χ3v) is 6.18. The standard InChI is InChI=1S/C15H11ClINO4S/c1-22-14-10(16)6-9(7-11(14)17)15(19)18-8-23(20,21)13-5-3-2-4-12(13)18/h2-7H,8H2,1H3. The molecular formula is C15H11ClINO4S. The van der Waals surface area contributed by atoms with E-state index in [1.54, 1.807) is 24.3 Å². The number of benzene rings is 2. The van der Waals surface area contributed by atoms with Gasteiger partial charge in [-0.3, -0.25) is 9.69 Å². The number of carbonyl (C=O) groups excluding carboxylic acids is 1. The highest BCUT2D eigenvalue weighted by atomic mass is 127. The van der Waals surface area contributed by atoms with Crippen molar-refractivity contribution in [1.82, 2.24) is 0 Å². The van der Waals surface area contributed by atoms with Crippen LogP contribution in [0.4, 0.5) is 5.69 Å². The molecule has 2 aromatic carbocycles. The molecule has 0 atom stereocenters. The molecule has 0 saturated carbocycles. The molecule has 0 spiro atoms. The van der Waals surface area contributed by atoms with E-state index in [1.165, 1.54) is 24.1 Å². The first-order chi connectivity index (χ1) is 10.8. The van der Waals surface area contributed by atoms with Gasteiger partial charge in [-0.2, -0.15) is 0 Å². The number of halogens is 2. The minimum absolute atomic E-state index is 0.169. The van der Waals surface area contributed by atoms with Gasteiger partial charge in [-0.15, -0.1) is 0 Å². The van der Waals surface area contributed by atoms with Crippen LogP contribution in [0, 0.1) is 3.57 Å². The molecule has 23 heavy (non-hydrogen) atoms. The van der Waals surface area contributed by atoms with Gasteiger partial charge in [-0.1, -0.05) is 23.7 Å². The van der Waals surface area contributed by atoms with E-state index in [2.05, 4.69) is 0 Å². The average molecular weight is 464 g/mol. The highest BCUT2D eigenvalue weighted by molar-refractivity contribution is 14.1. The van der Waals surface area contributed by atoms with Gasteiger partial charge in [0.15, 0.2) is 15.6 Å². The molecule has 0 radical (unpaired) electrons. The summed E-state index contributed by atoms with van der Waals surface area (Å²) in [5.41, 5.74) is 0.701. The van der Waals surface area contributed by atoms with Gasteiger partial charge in [0.2, 0.25) is 0 Å². The van der Waals surface area contributed by atoms with Crippen molar-refractivity contribution in [2.75, 3.05) is 17.9 Å². The third kappa shape index (κ3) is 2.81. The summed E-state index contributed by atoms with van der Waals surface area (Å²) in [7, 11) is -2.00. The molecule has 2 aromatic rings.